The second-order valence-electron chi connectivity index (χ2n) is 5.99. The molecule has 0 saturated heterocycles. The van der Waals surface area contributed by atoms with Crippen LogP contribution in [0.1, 0.15) is 18.4 Å². The molecule has 1 aliphatic rings. The summed E-state index contributed by atoms with van der Waals surface area (Å²) in [6.07, 6.45) is 0. The van der Waals surface area contributed by atoms with E-state index in [2.05, 4.69) is 11.4 Å². The highest BCUT2D eigenvalue weighted by atomic mass is 16.5. The van der Waals surface area contributed by atoms with Crippen molar-refractivity contribution in [1.82, 2.24) is 0 Å². The molecule has 0 aliphatic carbocycles. The van der Waals surface area contributed by atoms with E-state index >= 15 is 0 Å². The Morgan fingerprint density at radius 2 is 1.85 bits per heavy atom. The number of ether oxygens (including phenoxy) is 2. The van der Waals surface area contributed by atoms with Crippen LogP contribution < -0.4 is 15.8 Å². The third-order valence-corrected chi connectivity index (χ3v) is 4.33. The number of carbonyl (C=O) groups is 1. The lowest BCUT2D eigenvalue weighted by molar-refractivity contribution is -0.113. The molecule has 0 bridgehead atoms. The summed E-state index contributed by atoms with van der Waals surface area (Å²) in [4.78, 5) is 13.0. The number of hydrogen-bond donors (Lipinski definition) is 2. The van der Waals surface area contributed by atoms with Gasteiger partial charge in [-0.15, -0.1) is 0 Å². The highest BCUT2D eigenvalue weighted by Gasteiger charge is 2.35. The molecule has 0 unspecified atom stereocenters. The van der Waals surface area contributed by atoms with E-state index in [4.69, 9.17) is 15.2 Å². The minimum Gasteiger partial charge on any atom is -0.497 e. The maximum Gasteiger partial charge on any atom is 0.255 e. The van der Waals surface area contributed by atoms with Crippen LogP contribution in [0.3, 0.4) is 0 Å². The molecule has 136 valence electrons. The normalized spacial score (nSPS) is 16.4. The van der Waals surface area contributed by atoms with Gasteiger partial charge in [-0.2, -0.15) is 5.26 Å². The van der Waals surface area contributed by atoms with E-state index < -0.39 is 5.92 Å². The fourth-order valence-electron chi connectivity index (χ4n) is 3.02. The van der Waals surface area contributed by atoms with E-state index in [1.807, 2.05) is 30.3 Å². The Balaban J connectivity index is 2.04. The number of nitrogens with two attached hydrogens (primary N) is 1. The van der Waals surface area contributed by atoms with Gasteiger partial charge in [0.2, 0.25) is 5.88 Å². The number of rotatable bonds is 4. The highest BCUT2D eigenvalue weighted by Crippen LogP contribution is 2.39. The van der Waals surface area contributed by atoms with Gasteiger partial charge in [0.1, 0.15) is 23.2 Å². The predicted octanol–water partition coefficient (Wildman–Crippen LogP) is 3.42. The van der Waals surface area contributed by atoms with Crippen molar-refractivity contribution in [3.63, 3.8) is 0 Å². The predicted molar refractivity (Wildman–Crippen MR) is 101 cm³/mol. The van der Waals surface area contributed by atoms with E-state index in [9.17, 15) is 10.1 Å². The van der Waals surface area contributed by atoms with Crippen molar-refractivity contribution in [3.05, 3.63) is 82.9 Å². The molecule has 0 aromatic heterocycles. The minimum atomic E-state index is -0.627. The van der Waals surface area contributed by atoms with Crippen LogP contribution in [-0.4, -0.2) is 13.0 Å². The van der Waals surface area contributed by atoms with Gasteiger partial charge in [-0.3, -0.25) is 4.79 Å². The van der Waals surface area contributed by atoms with Gasteiger partial charge >= 0.3 is 0 Å². The van der Waals surface area contributed by atoms with Gasteiger partial charge in [0, 0.05) is 5.69 Å². The Morgan fingerprint density at radius 3 is 2.44 bits per heavy atom. The van der Waals surface area contributed by atoms with Crippen molar-refractivity contribution >= 4 is 11.6 Å². The van der Waals surface area contributed by atoms with Crippen molar-refractivity contribution in [2.45, 2.75) is 12.8 Å². The van der Waals surface area contributed by atoms with Crippen LogP contribution in [0.15, 0.2) is 77.4 Å². The van der Waals surface area contributed by atoms with Crippen LogP contribution in [0.25, 0.3) is 0 Å². The van der Waals surface area contributed by atoms with E-state index in [0.29, 0.717) is 22.8 Å². The van der Waals surface area contributed by atoms with E-state index in [0.717, 1.165) is 5.56 Å². The van der Waals surface area contributed by atoms with Crippen LogP contribution in [0.5, 0.6) is 5.75 Å². The first-order valence-electron chi connectivity index (χ1n) is 8.34. The number of methoxy groups -OCH3 is 1. The summed E-state index contributed by atoms with van der Waals surface area (Å²) in [7, 11) is 1.57. The minimum absolute atomic E-state index is 0.00655. The molecular formula is C21H19N3O3. The largest absolute Gasteiger partial charge is 0.497 e. The maximum atomic E-state index is 13.0. The smallest absolute Gasteiger partial charge is 0.255 e. The van der Waals surface area contributed by atoms with Crippen molar-refractivity contribution in [3.8, 4) is 11.8 Å². The summed E-state index contributed by atoms with van der Waals surface area (Å²) in [5.74, 6) is 0.0724. The Bertz CT molecular complexity index is 954. The van der Waals surface area contributed by atoms with Gasteiger partial charge < -0.3 is 20.5 Å². The topological polar surface area (TPSA) is 97.4 Å². The number of anilines is 1. The third-order valence-electron chi connectivity index (χ3n) is 4.33. The average Bonchev–Trinajstić information content (AvgIpc) is 2.68. The van der Waals surface area contributed by atoms with Crippen LogP contribution in [0.4, 0.5) is 5.69 Å². The van der Waals surface area contributed by atoms with Gasteiger partial charge in [0.25, 0.3) is 5.91 Å². The lowest BCUT2D eigenvalue weighted by Gasteiger charge is -2.27. The molecule has 0 spiro atoms. The number of para-hydroxylation sites is 1. The fourth-order valence-corrected chi connectivity index (χ4v) is 3.02. The molecule has 3 N–H and O–H groups in total. The summed E-state index contributed by atoms with van der Waals surface area (Å²) < 4.78 is 10.7. The fraction of sp³-hybridized carbons (Fsp3) is 0.143. The van der Waals surface area contributed by atoms with Gasteiger partial charge in [0.05, 0.1) is 18.6 Å². The second-order valence-corrected chi connectivity index (χ2v) is 5.99. The second kappa shape index (κ2) is 7.67. The Morgan fingerprint density at radius 1 is 1.19 bits per heavy atom. The first kappa shape index (κ1) is 18.1. The molecule has 3 rings (SSSR count). The highest BCUT2D eigenvalue weighted by molar-refractivity contribution is 6.06. The maximum absolute atomic E-state index is 13.0. The summed E-state index contributed by atoms with van der Waals surface area (Å²) in [5, 5.41) is 12.5. The Kier molecular flexibility index (Phi) is 5.13. The van der Waals surface area contributed by atoms with Crippen molar-refractivity contribution in [2.75, 3.05) is 12.4 Å². The molecule has 0 radical (unpaired) electrons. The number of nitrogens with one attached hydrogen (secondary N) is 1. The summed E-state index contributed by atoms with van der Waals surface area (Å²) in [5.41, 5.74) is 7.86. The van der Waals surface area contributed by atoms with Gasteiger partial charge in [-0.1, -0.05) is 30.3 Å². The Labute approximate surface area is 157 Å². The number of amides is 1. The zero-order chi connectivity index (χ0) is 19.4. The number of carbonyl (C=O) groups excluding carboxylic acids is 1. The van der Waals surface area contributed by atoms with Crippen molar-refractivity contribution < 1.29 is 14.3 Å². The SMILES string of the molecule is COc1ccc([C@H]2C(C#N)=C(N)OC(C)=C2C(=O)Nc2ccccc2)cc1. The molecular weight excluding hydrogens is 342 g/mol. The Hall–Kier alpha value is -3.72. The molecule has 2 aromatic rings. The van der Waals surface area contributed by atoms with Crippen LogP contribution >= 0.6 is 0 Å². The van der Waals surface area contributed by atoms with E-state index in [1.54, 1.807) is 38.3 Å². The van der Waals surface area contributed by atoms with Crippen LogP contribution in [-0.2, 0) is 9.53 Å². The molecule has 6 nitrogen and oxygen atoms in total. The molecule has 0 fully saturated rings. The zero-order valence-electron chi connectivity index (χ0n) is 15.0. The van der Waals surface area contributed by atoms with Gasteiger partial charge in [0.15, 0.2) is 0 Å². The molecule has 2 aromatic carbocycles. The van der Waals surface area contributed by atoms with Crippen molar-refractivity contribution in [2.24, 2.45) is 5.73 Å². The number of nitriles is 1. The van der Waals surface area contributed by atoms with Crippen LogP contribution in [0, 0.1) is 11.3 Å². The molecule has 0 saturated carbocycles. The lowest BCUT2D eigenvalue weighted by atomic mass is 9.82. The molecule has 1 aliphatic heterocycles. The monoisotopic (exact) mass is 361 g/mol. The molecule has 1 heterocycles. The summed E-state index contributed by atoms with van der Waals surface area (Å²) >= 11 is 0. The molecule has 6 heteroatoms. The van der Waals surface area contributed by atoms with E-state index in [1.165, 1.54) is 0 Å². The van der Waals surface area contributed by atoms with Crippen molar-refractivity contribution in [1.29, 1.82) is 5.26 Å². The molecule has 1 atom stereocenters. The number of allylic oxidation sites excluding steroid dienone is 2. The molecule has 1 amide bonds. The molecule has 27 heavy (non-hydrogen) atoms. The third kappa shape index (κ3) is 3.62. The zero-order valence-corrected chi connectivity index (χ0v) is 15.0. The number of benzene rings is 2. The standard InChI is InChI=1S/C21H19N3O3/c1-13-18(21(25)24-15-6-4-3-5-7-15)19(17(12-22)20(23)27-13)14-8-10-16(26-2)11-9-14/h3-11,19H,23H2,1-2H3,(H,24,25)/t19-/m0/s1. The average molecular weight is 361 g/mol. The summed E-state index contributed by atoms with van der Waals surface area (Å²) in [6, 6.07) is 18.3. The first-order valence-corrected chi connectivity index (χ1v) is 8.34. The van der Waals surface area contributed by atoms with Gasteiger partial charge in [-0.25, -0.2) is 0 Å². The van der Waals surface area contributed by atoms with Gasteiger partial charge in [-0.05, 0) is 36.8 Å². The lowest BCUT2D eigenvalue weighted by Crippen LogP contribution is -2.27. The quantitative estimate of drug-likeness (QED) is 0.870. The number of nitrogens with zero attached hydrogens (tertiary/aromatic N) is 1. The van der Waals surface area contributed by atoms with Crippen LogP contribution in [0.2, 0.25) is 0 Å². The van der Waals surface area contributed by atoms with E-state index in [-0.39, 0.29) is 17.4 Å². The number of hydrogen-bond acceptors (Lipinski definition) is 5. The summed E-state index contributed by atoms with van der Waals surface area (Å²) in [6.45, 7) is 1.66. The first-order chi connectivity index (χ1) is 13.0.